The van der Waals surface area contributed by atoms with Gasteiger partial charge in [-0.05, 0) is 31.1 Å². The molecule has 0 aromatic carbocycles. The minimum absolute atomic E-state index is 0.897. The third-order valence-electron chi connectivity index (χ3n) is 2.63. The van der Waals surface area contributed by atoms with Crippen molar-refractivity contribution in [2.45, 2.75) is 25.7 Å². The fraction of sp³-hybridized carbons (Fsp3) is 0.600. The topological polar surface area (TPSA) is 0 Å². The molecule has 2 aliphatic rings. The molecule has 0 unspecified atom stereocenters. The Morgan fingerprint density at radius 2 is 1.50 bits per heavy atom. The molecule has 0 nitrogen and oxygen atoms in total. The van der Waals surface area contributed by atoms with E-state index in [9.17, 15) is 0 Å². The zero-order valence-electron chi connectivity index (χ0n) is 6.29. The summed E-state index contributed by atoms with van der Waals surface area (Å²) in [6, 6.07) is 0. The largest absolute Gasteiger partial charge is 0.0814 e. The van der Waals surface area contributed by atoms with Crippen molar-refractivity contribution in [2.24, 2.45) is 11.8 Å². The molecular weight excluding hydrogens is 120 g/mol. The molecule has 1 saturated carbocycles. The summed E-state index contributed by atoms with van der Waals surface area (Å²) >= 11 is 0. The van der Waals surface area contributed by atoms with E-state index in [2.05, 4.69) is 24.3 Å². The molecule has 2 bridgehead atoms. The summed E-state index contributed by atoms with van der Waals surface area (Å²) in [5.41, 5.74) is 0. The van der Waals surface area contributed by atoms with Crippen LogP contribution >= 0.6 is 0 Å². The Morgan fingerprint density at radius 3 is 2.10 bits per heavy atom. The molecule has 0 aromatic rings. The van der Waals surface area contributed by atoms with Crippen LogP contribution in [0.3, 0.4) is 0 Å². The summed E-state index contributed by atoms with van der Waals surface area (Å²) in [5.74, 6) is 1.79. The molecule has 0 saturated heterocycles. The Balaban J connectivity index is 2.14. The normalized spacial score (nSPS) is 37.6. The first-order valence-electron chi connectivity index (χ1n) is 4.30. The van der Waals surface area contributed by atoms with Crippen LogP contribution in [0.15, 0.2) is 24.3 Å². The van der Waals surface area contributed by atoms with E-state index in [1.54, 1.807) is 0 Å². The second kappa shape index (κ2) is 2.61. The number of hydrogen-bond donors (Lipinski definition) is 0. The highest BCUT2D eigenvalue weighted by Crippen LogP contribution is 2.32. The molecule has 0 aliphatic heterocycles. The van der Waals surface area contributed by atoms with Crippen molar-refractivity contribution in [2.75, 3.05) is 0 Å². The van der Waals surface area contributed by atoms with E-state index < -0.39 is 0 Å². The average molecular weight is 134 g/mol. The van der Waals surface area contributed by atoms with Crippen LogP contribution in [0, 0.1) is 11.8 Å². The Kier molecular flexibility index (Phi) is 1.62. The molecule has 0 N–H and O–H groups in total. The van der Waals surface area contributed by atoms with E-state index in [1.807, 2.05) is 0 Å². The maximum atomic E-state index is 2.37. The lowest BCUT2D eigenvalue weighted by Crippen LogP contribution is -2.10. The van der Waals surface area contributed by atoms with Gasteiger partial charge in [-0.15, -0.1) is 0 Å². The summed E-state index contributed by atoms with van der Waals surface area (Å²) in [5, 5.41) is 0. The van der Waals surface area contributed by atoms with E-state index in [1.165, 1.54) is 25.7 Å². The van der Waals surface area contributed by atoms with Crippen molar-refractivity contribution in [3.8, 4) is 0 Å². The van der Waals surface area contributed by atoms with Crippen molar-refractivity contribution < 1.29 is 0 Å². The lowest BCUT2D eigenvalue weighted by Gasteiger charge is -2.23. The van der Waals surface area contributed by atoms with Crippen LogP contribution in [0.2, 0.25) is 0 Å². The molecule has 2 rings (SSSR count). The predicted octanol–water partition coefficient (Wildman–Crippen LogP) is 2.92. The molecular formula is C10H14. The van der Waals surface area contributed by atoms with Crippen molar-refractivity contribution >= 4 is 0 Å². The highest BCUT2D eigenvalue weighted by molar-refractivity contribution is 5.11. The predicted molar refractivity (Wildman–Crippen MR) is 43.7 cm³/mol. The zero-order valence-corrected chi connectivity index (χ0v) is 6.29. The molecule has 0 spiro atoms. The van der Waals surface area contributed by atoms with E-state index in [0.29, 0.717) is 0 Å². The first-order valence-corrected chi connectivity index (χ1v) is 4.30. The summed E-state index contributed by atoms with van der Waals surface area (Å²) in [4.78, 5) is 0. The van der Waals surface area contributed by atoms with Gasteiger partial charge in [0.25, 0.3) is 0 Å². The molecule has 0 heterocycles. The fourth-order valence-electron chi connectivity index (χ4n) is 2.06. The number of allylic oxidation sites excluding steroid dienone is 4. The van der Waals surface area contributed by atoms with Gasteiger partial charge in [-0.25, -0.2) is 0 Å². The summed E-state index contributed by atoms with van der Waals surface area (Å²) < 4.78 is 0. The maximum Gasteiger partial charge on any atom is -0.0225 e. The number of hydrogen-bond acceptors (Lipinski definition) is 0. The SMILES string of the molecule is C1=C[C@@H]2CCC[C@H](C=C1)C2. The monoisotopic (exact) mass is 134 g/mol. The smallest absolute Gasteiger partial charge is 0.0225 e. The summed E-state index contributed by atoms with van der Waals surface area (Å²) in [6.07, 6.45) is 14.9. The van der Waals surface area contributed by atoms with Gasteiger partial charge in [-0.3, -0.25) is 0 Å². The van der Waals surface area contributed by atoms with Gasteiger partial charge in [0.05, 0.1) is 0 Å². The van der Waals surface area contributed by atoms with E-state index in [4.69, 9.17) is 0 Å². The highest BCUT2D eigenvalue weighted by Gasteiger charge is 2.18. The van der Waals surface area contributed by atoms with Crippen LogP contribution in [-0.2, 0) is 0 Å². The van der Waals surface area contributed by atoms with Crippen LogP contribution in [0.4, 0.5) is 0 Å². The van der Waals surface area contributed by atoms with Gasteiger partial charge >= 0.3 is 0 Å². The third-order valence-corrected chi connectivity index (χ3v) is 2.63. The quantitative estimate of drug-likeness (QED) is 0.478. The van der Waals surface area contributed by atoms with Gasteiger partial charge in [0.1, 0.15) is 0 Å². The lowest BCUT2D eigenvalue weighted by molar-refractivity contribution is 0.355. The Hall–Kier alpha value is -0.520. The van der Waals surface area contributed by atoms with Gasteiger partial charge in [0.15, 0.2) is 0 Å². The van der Waals surface area contributed by atoms with E-state index >= 15 is 0 Å². The van der Waals surface area contributed by atoms with Gasteiger partial charge in [0, 0.05) is 0 Å². The van der Waals surface area contributed by atoms with Crippen LogP contribution in [0.1, 0.15) is 25.7 Å². The Morgan fingerprint density at radius 1 is 0.900 bits per heavy atom. The third kappa shape index (κ3) is 1.16. The standard InChI is InChI=1S/C10H14/c1-2-5-10-7-3-6-9(4-1)8-10/h1-2,4-5,9-10H,3,6-8H2/t9-,10+. The minimum Gasteiger partial charge on any atom is -0.0814 e. The molecule has 54 valence electrons. The van der Waals surface area contributed by atoms with Crippen LogP contribution in [0.5, 0.6) is 0 Å². The molecule has 2 atom stereocenters. The first kappa shape index (κ1) is 6.21. The maximum absolute atomic E-state index is 2.37. The molecule has 1 fully saturated rings. The second-order valence-electron chi connectivity index (χ2n) is 3.46. The van der Waals surface area contributed by atoms with Crippen molar-refractivity contribution in [1.29, 1.82) is 0 Å². The molecule has 0 heteroatoms. The molecule has 2 aliphatic carbocycles. The molecule has 0 radical (unpaired) electrons. The Bertz CT molecular complexity index is 147. The minimum atomic E-state index is 0.897. The number of rotatable bonds is 0. The van der Waals surface area contributed by atoms with Crippen LogP contribution in [-0.4, -0.2) is 0 Å². The molecule has 0 amide bonds. The highest BCUT2D eigenvalue weighted by atomic mass is 14.2. The summed E-state index contributed by atoms with van der Waals surface area (Å²) in [7, 11) is 0. The molecule has 0 aromatic heterocycles. The average Bonchev–Trinajstić information content (AvgIpc) is 2.12. The number of fused-ring (bicyclic) bond motifs is 2. The van der Waals surface area contributed by atoms with E-state index in [-0.39, 0.29) is 0 Å². The van der Waals surface area contributed by atoms with Crippen molar-refractivity contribution in [3.63, 3.8) is 0 Å². The van der Waals surface area contributed by atoms with E-state index in [0.717, 1.165) is 11.8 Å². The van der Waals surface area contributed by atoms with Crippen LogP contribution < -0.4 is 0 Å². The van der Waals surface area contributed by atoms with Gasteiger partial charge in [-0.2, -0.15) is 0 Å². The fourth-order valence-corrected chi connectivity index (χ4v) is 2.06. The van der Waals surface area contributed by atoms with Crippen molar-refractivity contribution in [1.82, 2.24) is 0 Å². The summed E-state index contributed by atoms with van der Waals surface area (Å²) in [6.45, 7) is 0. The lowest BCUT2D eigenvalue weighted by atomic mass is 9.82. The second-order valence-corrected chi connectivity index (χ2v) is 3.46. The Labute approximate surface area is 62.6 Å². The van der Waals surface area contributed by atoms with Crippen molar-refractivity contribution in [3.05, 3.63) is 24.3 Å². The zero-order chi connectivity index (χ0) is 6.81. The van der Waals surface area contributed by atoms with Gasteiger partial charge < -0.3 is 0 Å². The van der Waals surface area contributed by atoms with Crippen LogP contribution in [0.25, 0.3) is 0 Å². The van der Waals surface area contributed by atoms with Gasteiger partial charge in [0.2, 0.25) is 0 Å². The first-order chi connectivity index (χ1) is 4.95. The molecule has 10 heavy (non-hydrogen) atoms. The van der Waals surface area contributed by atoms with Gasteiger partial charge in [-0.1, -0.05) is 30.7 Å².